The van der Waals surface area contributed by atoms with Crippen molar-refractivity contribution in [2.24, 2.45) is 23.2 Å². The van der Waals surface area contributed by atoms with Crippen LogP contribution in [-0.2, 0) is 0 Å². The summed E-state index contributed by atoms with van der Waals surface area (Å²) in [6.45, 7) is 8.94. The molecule has 0 aromatic carbocycles. The van der Waals surface area contributed by atoms with Gasteiger partial charge in [0.15, 0.2) is 0 Å². The second-order valence-corrected chi connectivity index (χ2v) is 4.97. The second-order valence-electron chi connectivity index (χ2n) is 4.97. The summed E-state index contributed by atoms with van der Waals surface area (Å²) < 4.78 is 0. The van der Waals surface area contributed by atoms with E-state index in [1.165, 1.54) is 12.8 Å². The molecule has 1 heteroatoms. The highest BCUT2D eigenvalue weighted by atomic mass is 14.5. The molecule has 1 rings (SSSR count). The van der Waals surface area contributed by atoms with Crippen LogP contribution in [0, 0.1) is 34.5 Å². The largest absolute Gasteiger partial charge is 0.198 e. The molecule has 1 aliphatic rings. The number of nitrogens with zero attached hydrogens (tertiary/aromatic N) is 1. The number of hydrogen-bond donors (Lipinski definition) is 0. The van der Waals surface area contributed by atoms with Crippen LogP contribution in [0.5, 0.6) is 0 Å². The van der Waals surface area contributed by atoms with Gasteiger partial charge in [-0.1, -0.05) is 27.7 Å². The highest BCUT2D eigenvalue weighted by Crippen LogP contribution is 2.45. The first-order valence-electron chi connectivity index (χ1n) is 4.88. The van der Waals surface area contributed by atoms with E-state index < -0.39 is 0 Å². The number of rotatable bonds is 0. The van der Waals surface area contributed by atoms with Crippen molar-refractivity contribution >= 4 is 0 Å². The molecule has 0 saturated heterocycles. The minimum atomic E-state index is 0.237. The van der Waals surface area contributed by atoms with Gasteiger partial charge in [0.1, 0.15) is 0 Å². The van der Waals surface area contributed by atoms with Crippen molar-refractivity contribution in [3.8, 4) is 6.07 Å². The van der Waals surface area contributed by atoms with Gasteiger partial charge in [0.25, 0.3) is 0 Å². The molecule has 1 nitrogen and oxygen atoms in total. The predicted octanol–water partition coefficient (Wildman–Crippen LogP) is 3.22. The molecule has 0 heterocycles. The van der Waals surface area contributed by atoms with Crippen molar-refractivity contribution in [3.05, 3.63) is 0 Å². The van der Waals surface area contributed by atoms with E-state index in [1.807, 2.05) is 0 Å². The standard InChI is InChI=1S/C11H19N/c1-8-5-6-11(3,4)10(7-12)9(8)2/h8-10H,5-6H2,1-4H3. The van der Waals surface area contributed by atoms with Crippen LogP contribution in [0.15, 0.2) is 0 Å². The van der Waals surface area contributed by atoms with Gasteiger partial charge in [-0.3, -0.25) is 0 Å². The molecule has 1 aliphatic carbocycles. The first kappa shape index (κ1) is 9.58. The topological polar surface area (TPSA) is 23.8 Å². The summed E-state index contributed by atoms with van der Waals surface area (Å²) in [5.74, 6) is 1.54. The molecule has 0 aromatic heterocycles. The average Bonchev–Trinajstić information content (AvgIpc) is 1.99. The highest BCUT2D eigenvalue weighted by Gasteiger charge is 2.40. The summed E-state index contributed by atoms with van der Waals surface area (Å²) in [6, 6.07) is 2.47. The van der Waals surface area contributed by atoms with Crippen LogP contribution in [0.1, 0.15) is 40.5 Å². The third-order valence-electron chi connectivity index (χ3n) is 3.65. The van der Waals surface area contributed by atoms with Gasteiger partial charge in [-0.15, -0.1) is 0 Å². The normalized spacial score (nSPS) is 40.4. The van der Waals surface area contributed by atoms with Gasteiger partial charge in [-0.05, 0) is 30.1 Å². The fraction of sp³-hybridized carbons (Fsp3) is 0.909. The maximum Gasteiger partial charge on any atom is 0.0664 e. The molecule has 0 bridgehead atoms. The van der Waals surface area contributed by atoms with Gasteiger partial charge in [-0.2, -0.15) is 5.26 Å². The van der Waals surface area contributed by atoms with Gasteiger partial charge in [0.05, 0.1) is 12.0 Å². The summed E-state index contributed by atoms with van der Waals surface area (Å²) in [5.41, 5.74) is 0.237. The molecular weight excluding hydrogens is 146 g/mol. The van der Waals surface area contributed by atoms with Crippen molar-refractivity contribution in [1.29, 1.82) is 5.26 Å². The molecule has 0 N–H and O–H groups in total. The van der Waals surface area contributed by atoms with Crippen LogP contribution in [0.3, 0.4) is 0 Å². The third kappa shape index (κ3) is 1.48. The zero-order valence-corrected chi connectivity index (χ0v) is 8.59. The predicted molar refractivity (Wildman–Crippen MR) is 50.4 cm³/mol. The van der Waals surface area contributed by atoms with Gasteiger partial charge in [0, 0.05) is 0 Å². The van der Waals surface area contributed by atoms with Crippen LogP contribution >= 0.6 is 0 Å². The van der Waals surface area contributed by atoms with Gasteiger partial charge < -0.3 is 0 Å². The lowest BCUT2D eigenvalue weighted by Gasteiger charge is -2.42. The van der Waals surface area contributed by atoms with E-state index in [1.54, 1.807) is 0 Å². The third-order valence-corrected chi connectivity index (χ3v) is 3.65. The molecule has 1 saturated carbocycles. The number of nitriles is 1. The van der Waals surface area contributed by atoms with Crippen molar-refractivity contribution in [3.63, 3.8) is 0 Å². The fourth-order valence-corrected chi connectivity index (χ4v) is 2.35. The van der Waals surface area contributed by atoms with E-state index in [0.717, 1.165) is 5.92 Å². The Balaban J connectivity index is 2.81. The first-order chi connectivity index (χ1) is 5.49. The Hall–Kier alpha value is -0.510. The summed E-state index contributed by atoms with van der Waals surface area (Å²) in [6.07, 6.45) is 2.49. The summed E-state index contributed by atoms with van der Waals surface area (Å²) >= 11 is 0. The summed E-state index contributed by atoms with van der Waals surface area (Å²) in [4.78, 5) is 0. The van der Waals surface area contributed by atoms with Crippen LogP contribution < -0.4 is 0 Å². The van der Waals surface area contributed by atoms with Gasteiger partial charge in [0.2, 0.25) is 0 Å². The van der Waals surface area contributed by atoms with Crippen LogP contribution in [0.2, 0.25) is 0 Å². The molecular formula is C11H19N. The lowest BCUT2D eigenvalue weighted by atomic mass is 9.61. The van der Waals surface area contributed by atoms with Crippen molar-refractivity contribution in [1.82, 2.24) is 0 Å². The van der Waals surface area contributed by atoms with Gasteiger partial charge in [-0.25, -0.2) is 0 Å². The smallest absolute Gasteiger partial charge is 0.0664 e. The molecule has 1 fully saturated rings. The lowest BCUT2D eigenvalue weighted by Crippen LogP contribution is -2.36. The zero-order valence-electron chi connectivity index (χ0n) is 8.59. The molecule has 12 heavy (non-hydrogen) atoms. The Morgan fingerprint density at radius 1 is 1.33 bits per heavy atom. The van der Waals surface area contributed by atoms with Gasteiger partial charge >= 0.3 is 0 Å². The number of hydrogen-bond acceptors (Lipinski definition) is 1. The Labute approximate surface area is 75.8 Å². The van der Waals surface area contributed by atoms with E-state index >= 15 is 0 Å². The highest BCUT2D eigenvalue weighted by molar-refractivity contribution is 5.00. The molecule has 0 amide bonds. The van der Waals surface area contributed by atoms with Crippen molar-refractivity contribution < 1.29 is 0 Å². The summed E-state index contributed by atoms with van der Waals surface area (Å²) in [5, 5.41) is 9.06. The average molecular weight is 165 g/mol. The quantitative estimate of drug-likeness (QED) is 0.540. The Morgan fingerprint density at radius 2 is 1.92 bits per heavy atom. The van der Waals surface area contributed by atoms with E-state index in [-0.39, 0.29) is 11.3 Å². The SMILES string of the molecule is CC1CCC(C)(C)C(C#N)C1C. The van der Waals surface area contributed by atoms with Crippen LogP contribution in [0.25, 0.3) is 0 Å². The molecule has 68 valence electrons. The van der Waals surface area contributed by atoms with Crippen LogP contribution in [-0.4, -0.2) is 0 Å². The van der Waals surface area contributed by atoms with E-state index in [9.17, 15) is 0 Å². The second kappa shape index (κ2) is 3.09. The summed E-state index contributed by atoms with van der Waals surface area (Å²) in [7, 11) is 0. The van der Waals surface area contributed by atoms with E-state index in [4.69, 9.17) is 5.26 Å². The Morgan fingerprint density at radius 3 is 2.33 bits per heavy atom. The molecule has 0 spiro atoms. The van der Waals surface area contributed by atoms with E-state index in [2.05, 4.69) is 33.8 Å². The molecule has 0 aliphatic heterocycles. The first-order valence-corrected chi connectivity index (χ1v) is 4.88. The molecule has 3 unspecified atom stereocenters. The van der Waals surface area contributed by atoms with Crippen LogP contribution in [0.4, 0.5) is 0 Å². The maximum absolute atomic E-state index is 9.06. The maximum atomic E-state index is 9.06. The fourth-order valence-electron chi connectivity index (χ4n) is 2.35. The molecule has 3 atom stereocenters. The van der Waals surface area contributed by atoms with E-state index in [0.29, 0.717) is 5.92 Å². The minimum absolute atomic E-state index is 0.237. The van der Waals surface area contributed by atoms with Crippen molar-refractivity contribution in [2.45, 2.75) is 40.5 Å². The molecule has 0 radical (unpaired) electrons. The minimum Gasteiger partial charge on any atom is -0.198 e. The van der Waals surface area contributed by atoms with Crippen molar-refractivity contribution in [2.75, 3.05) is 0 Å². The monoisotopic (exact) mass is 165 g/mol. The Bertz CT molecular complexity index is 200. The lowest BCUT2D eigenvalue weighted by molar-refractivity contribution is 0.0839. The zero-order chi connectivity index (χ0) is 9.35. The Kier molecular flexibility index (Phi) is 2.46. The molecule has 0 aromatic rings.